The maximum absolute atomic E-state index is 12.9. The first-order valence-electron chi connectivity index (χ1n) is 10.2. The van der Waals surface area contributed by atoms with Crippen LogP contribution in [0.2, 0.25) is 0 Å². The lowest BCUT2D eigenvalue weighted by Crippen LogP contribution is -2.32. The average Bonchev–Trinajstić information content (AvgIpc) is 3.04. The van der Waals surface area contributed by atoms with Gasteiger partial charge in [-0.1, -0.05) is 12.8 Å². The summed E-state index contributed by atoms with van der Waals surface area (Å²) in [5.74, 6) is 0.479. The molecule has 1 aromatic carbocycles. The van der Waals surface area contributed by atoms with E-state index in [-0.39, 0.29) is 17.3 Å². The van der Waals surface area contributed by atoms with Gasteiger partial charge in [0.15, 0.2) is 0 Å². The lowest BCUT2D eigenvalue weighted by Gasteiger charge is -2.20. The number of aryl methyl sites for hydroxylation is 1. The highest BCUT2D eigenvalue weighted by atomic mass is 32.2. The maximum atomic E-state index is 12.9. The van der Waals surface area contributed by atoms with E-state index >= 15 is 0 Å². The molecule has 3 rings (SSSR count). The summed E-state index contributed by atoms with van der Waals surface area (Å²) in [6, 6.07) is 6.12. The minimum absolute atomic E-state index is 0.224. The van der Waals surface area contributed by atoms with Crippen LogP contribution < -0.4 is 10.1 Å². The zero-order chi connectivity index (χ0) is 21.7. The lowest BCUT2D eigenvalue weighted by molar-refractivity contribution is 0.0950. The van der Waals surface area contributed by atoms with Crippen LogP contribution in [-0.4, -0.2) is 43.8 Å². The van der Waals surface area contributed by atoms with Gasteiger partial charge in [-0.15, -0.1) is 0 Å². The molecule has 1 aromatic heterocycles. The number of carbonyl (C=O) groups is 1. The molecular formula is C22H29N3O4S. The van der Waals surface area contributed by atoms with E-state index < -0.39 is 10.0 Å². The first-order chi connectivity index (χ1) is 14.3. The van der Waals surface area contributed by atoms with Crippen molar-refractivity contribution in [2.75, 3.05) is 20.2 Å². The van der Waals surface area contributed by atoms with Crippen molar-refractivity contribution in [3.63, 3.8) is 0 Å². The predicted octanol–water partition coefficient (Wildman–Crippen LogP) is 3.20. The first kappa shape index (κ1) is 22.2. The zero-order valence-electron chi connectivity index (χ0n) is 17.8. The van der Waals surface area contributed by atoms with Gasteiger partial charge in [0.05, 0.1) is 24.2 Å². The fourth-order valence-corrected chi connectivity index (χ4v) is 5.24. The summed E-state index contributed by atoms with van der Waals surface area (Å²) in [5.41, 5.74) is 2.95. The summed E-state index contributed by atoms with van der Waals surface area (Å²) in [4.78, 5) is 17.1. The Morgan fingerprint density at radius 1 is 1.10 bits per heavy atom. The summed E-state index contributed by atoms with van der Waals surface area (Å²) >= 11 is 0. The van der Waals surface area contributed by atoms with E-state index in [2.05, 4.69) is 10.3 Å². The van der Waals surface area contributed by atoms with E-state index in [9.17, 15) is 13.2 Å². The third-order valence-electron chi connectivity index (χ3n) is 5.49. The van der Waals surface area contributed by atoms with Crippen molar-refractivity contribution in [3.05, 3.63) is 52.8 Å². The third kappa shape index (κ3) is 4.82. The average molecular weight is 432 g/mol. The molecule has 0 radical (unpaired) electrons. The number of benzene rings is 1. The maximum Gasteiger partial charge on any atom is 0.251 e. The van der Waals surface area contributed by atoms with Gasteiger partial charge in [-0.2, -0.15) is 4.31 Å². The standard InChI is InChI=1S/C22H29N3O4S/c1-16-14-23-20(17(2)21(16)29-3)15-24-22(26)18-8-10-19(11-9-18)30(27,28)25-12-6-4-5-7-13-25/h8-11,14H,4-7,12-13,15H2,1-3H3,(H,24,26). The topological polar surface area (TPSA) is 88.6 Å². The van der Waals surface area contributed by atoms with E-state index in [1.807, 2.05) is 13.8 Å². The van der Waals surface area contributed by atoms with Gasteiger partial charge in [0.2, 0.25) is 10.0 Å². The monoisotopic (exact) mass is 431 g/mol. The molecule has 0 aliphatic carbocycles. The van der Waals surface area contributed by atoms with Crippen LogP contribution in [0.25, 0.3) is 0 Å². The van der Waals surface area contributed by atoms with Gasteiger partial charge in [-0.05, 0) is 51.0 Å². The van der Waals surface area contributed by atoms with Crippen LogP contribution in [0.5, 0.6) is 5.75 Å². The number of ether oxygens (including phenoxy) is 1. The Balaban J connectivity index is 1.68. The van der Waals surface area contributed by atoms with Gasteiger partial charge in [-0.3, -0.25) is 9.78 Å². The highest BCUT2D eigenvalue weighted by molar-refractivity contribution is 7.89. The molecule has 7 nitrogen and oxygen atoms in total. The van der Waals surface area contributed by atoms with Crippen molar-refractivity contribution in [2.45, 2.75) is 51.0 Å². The molecule has 1 saturated heterocycles. The van der Waals surface area contributed by atoms with Crippen LogP contribution >= 0.6 is 0 Å². The van der Waals surface area contributed by atoms with Crippen molar-refractivity contribution >= 4 is 15.9 Å². The second-order valence-corrected chi connectivity index (χ2v) is 9.51. The highest BCUT2D eigenvalue weighted by Gasteiger charge is 2.25. The molecule has 2 aromatic rings. The molecule has 1 aliphatic heterocycles. The molecular weight excluding hydrogens is 402 g/mol. The number of sulfonamides is 1. The number of hydrogen-bond acceptors (Lipinski definition) is 5. The minimum Gasteiger partial charge on any atom is -0.496 e. The van der Waals surface area contributed by atoms with Crippen molar-refractivity contribution in [1.82, 2.24) is 14.6 Å². The summed E-state index contributed by atoms with van der Waals surface area (Å²) in [6.07, 6.45) is 5.61. The number of rotatable bonds is 6. The van der Waals surface area contributed by atoms with Gasteiger partial charge >= 0.3 is 0 Å². The SMILES string of the molecule is COc1c(C)cnc(CNC(=O)c2ccc(S(=O)(=O)N3CCCCCC3)cc2)c1C. The molecule has 1 amide bonds. The van der Waals surface area contributed by atoms with Gasteiger partial charge in [0.25, 0.3) is 5.91 Å². The molecule has 1 fully saturated rings. The van der Waals surface area contributed by atoms with E-state index in [1.54, 1.807) is 29.7 Å². The number of amides is 1. The van der Waals surface area contributed by atoms with Crippen molar-refractivity contribution < 1.29 is 17.9 Å². The van der Waals surface area contributed by atoms with Crippen LogP contribution in [0.15, 0.2) is 35.4 Å². The molecule has 0 bridgehead atoms. The summed E-state index contributed by atoms with van der Waals surface area (Å²) in [5, 5.41) is 2.84. The first-order valence-corrected chi connectivity index (χ1v) is 11.7. The summed E-state index contributed by atoms with van der Waals surface area (Å²) in [6.45, 7) is 5.19. The molecule has 1 aliphatic rings. The molecule has 0 unspecified atom stereocenters. The fourth-order valence-electron chi connectivity index (χ4n) is 3.72. The highest BCUT2D eigenvalue weighted by Crippen LogP contribution is 2.24. The Bertz CT molecular complexity index is 996. The molecule has 1 N–H and O–H groups in total. The summed E-state index contributed by atoms with van der Waals surface area (Å²) in [7, 11) is -1.91. The Hall–Kier alpha value is -2.45. The van der Waals surface area contributed by atoms with Gasteiger partial charge in [-0.25, -0.2) is 8.42 Å². The number of nitrogens with zero attached hydrogens (tertiary/aromatic N) is 2. The lowest BCUT2D eigenvalue weighted by atomic mass is 10.1. The van der Waals surface area contributed by atoms with Crippen LogP contribution in [0.4, 0.5) is 0 Å². The molecule has 8 heteroatoms. The number of carbonyl (C=O) groups excluding carboxylic acids is 1. The zero-order valence-corrected chi connectivity index (χ0v) is 18.6. The van der Waals surface area contributed by atoms with E-state index in [1.165, 1.54) is 12.1 Å². The predicted molar refractivity (Wildman–Crippen MR) is 115 cm³/mol. The van der Waals surface area contributed by atoms with Gasteiger partial charge in [0, 0.05) is 36.0 Å². The molecule has 0 spiro atoms. The summed E-state index contributed by atoms with van der Waals surface area (Å²) < 4.78 is 32.7. The van der Waals surface area contributed by atoms with E-state index in [4.69, 9.17) is 4.74 Å². The third-order valence-corrected chi connectivity index (χ3v) is 7.40. The second-order valence-electron chi connectivity index (χ2n) is 7.57. The van der Waals surface area contributed by atoms with Crippen LogP contribution in [0, 0.1) is 13.8 Å². The normalized spacial score (nSPS) is 15.4. The Morgan fingerprint density at radius 2 is 1.73 bits per heavy atom. The van der Waals surface area contributed by atoms with Crippen LogP contribution in [0.1, 0.15) is 52.9 Å². The van der Waals surface area contributed by atoms with Crippen LogP contribution in [-0.2, 0) is 16.6 Å². The van der Waals surface area contributed by atoms with Crippen molar-refractivity contribution in [3.8, 4) is 5.75 Å². The number of nitrogens with one attached hydrogen (secondary N) is 1. The molecule has 30 heavy (non-hydrogen) atoms. The molecule has 0 saturated carbocycles. The Kier molecular flexibility index (Phi) is 7.10. The van der Waals surface area contributed by atoms with Crippen LogP contribution in [0.3, 0.4) is 0 Å². The van der Waals surface area contributed by atoms with Crippen molar-refractivity contribution in [2.24, 2.45) is 0 Å². The fraction of sp³-hybridized carbons (Fsp3) is 0.455. The quantitative estimate of drug-likeness (QED) is 0.759. The number of hydrogen-bond donors (Lipinski definition) is 1. The van der Waals surface area contributed by atoms with E-state index in [0.717, 1.165) is 48.3 Å². The molecule has 2 heterocycles. The number of methoxy groups -OCH3 is 1. The van der Waals surface area contributed by atoms with E-state index in [0.29, 0.717) is 18.7 Å². The largest absolute Gasteiger partial charge is 0.496 e. The second kappa shape index (κ2) is 9.57. The number of aromatic nitrogens is 1. The van der Waals surface area contributed by atoms with Gasteiger partial charge < -0.3 is 10.1 Å². The minimum atomic E-state index is -3.52. The number of pyridine rings is 1. The van der Waals surface area contributed by atoms with Gasteiger partial charge in [0.1, 0.15) is 5.75 Å². The Morgan fingerprint density at radius 3 is 2.33 bits per heavy atom. The molecule has 0 atom stereocenters. The van der Waals surface area contributed by atoms with Crippen molar-refractivity contribution in [1.29, 1.82) is 0 Å². The smallest absolute Gasteiger partial charge is 0.251 e. The Labute approximate surface area is 178 Å². The molecule has 162 valence electrons.